The summed E-state index contributed by atoms with van der Waals surface area (Å²) in [4.78, 5) is 11.9. The molecule has 202 valence electrons. The van der Waals surface area contributed by atoms with Crippen molar-refractivity contribution in [3.05, 3.63) is 121 Å². The van der Waals surface area contributed by atoms with Crippen LogP contribution in [0.15, 0.2) is 109 Å². The lowest BCUT2D eigenvalue weighted by Crippen LogP contribution is -2.23. The third-order valence-corrected chi connectivity index (χ3v) is 6.82. The Morgan fingerprint density at radius 1 is 0.775 bits per heavy atom. The first-order valence-electron chi connectivity index (χ1n) is 13.2. The number of pyridine rings is 1. The monoisotopic (exact) mass is 540 g/mol. The molecule has 8 heteroatoms. The molecule has 0 N–H and O–H groups in total. The lowest BCUT2D eigenvalue weighted by atomic mass is 10.1. The van der Waals surface area contributed by atoms with Gasteiger partial charge in [-0.15, -0.1) is 13.2 Å². The topological polar surface area (TPSA) is 43.2 Å². The number of imidazole rings is 1. The average Bonchev–Trinajstić information content (AvgIpc) is 3.71. The molecular formula is C32H27F3N4O. The van der Waals surface area contributed by atoms with Crippen LogP contribution in [0.25, 0.3) is 22.6 Å². The van der Waals surface area contributed by atoms with E-state index in [0.29, 0.717) is 6.04 Å². The maximum Gasteiger partial charge on any atom is 0.573 e. The van der Waals surface area contributed by atoms with Gasteiger partial charge in [-0.3, -0.25) is 0 Å². The van der Waals surface area contributed by atoms with Crippen molar-refractivity contribution in [2.75, 3.05) is 4.90 Å². The standard InChI is InChI=1S/C32H27F3N4O/c33-32(34,35)40-28-16-11-25(12-17-28)31-37-29(22-39(31)27-14-15-27)26-13-18-30(36-19-26)38(20-23-7-3-1-4-8-23)21-24-9-5-2-6-10-24/h1-13,16-19,22,27H,14-15,20-21H2. The zero-order valence-corrected chi connectivity index (χ0v) is 21.6. The molecule has 6 rings (SSSR count). The van der Waals surface area contributed by atoms with E-state index in [1.54, 1.807) is 12.1 Å². The fourth-order valence-electron chi connectivity index (χ4n) is 4.73. The quantitative estimate of drug-likeness (QED) is 0.190. The molecule has 0 atom stereocenters. The zero-order valence-electron chi connectivity index (χ0n) is 21.6. The molecule has 0 bridgehead atoms. The Morgan fingerprint density at radius 2 is 1.38 bits per heavy atom. The van der Waals surface area contributed by atoms with Crippen LogP contribution in [0, 0.1) is 0 Å². The molecule has 0 spiro atoms. The number of hydrogen-bond donors (Lipinski definition) is 0. The van der Waals surface area contributed by atoms with Crippen molar-refractivity contribution in [1.29, 1.82) is 0 Å². The molecule has 2 heterocycles. The molecule has 0 saturated heterocycles. The molecule has 3 aromatic carbocycles. The first-order valence-corrected chi connectivity index (χ1v) is 13.2. The van der Waals surface area contributed by atoms with E-state index in [1.807, 2.05) is 60.9 Å². The molecule has 0 amide bonds. The van der Waals surface area contributed by atoms with Crippen LogP contribution in [0.5, 0.6) is 5.75 Å². The van der Waals surface area contributed by atoms with Gasteiger partial charge in [-0.1, -0.05) is 60.7 Å². The summed E-state index contributed by atoms with van der Waals surface area (Å²) in [6.45, 7) is 1.44. The van der Waals surface area contributed by atoms with E-state index in [0.717, 1.165) is 54.4 Å². The summed E-state index contributed by atoms with van der Waals surface area (Å²) in [5.41, 5.74) is 4.77. The van der Waals surface area contributed by atoms with Crippen molar-refractivity contribution >= 4 is 5.82 Å². The smallest absolute Gasteiger partial charge is 0.406 e. The largest absolute Gasteiger partial charge is 0.573 e. The van der Waals surface area contributed by atoms with E-state index < -0.39 is 6.36 Å². The number of benzene rings is 3. The van der Waals surface area contributed by atoms with E-state index in [-0.39, 0.29) is 5.75 Å². The highest BCUT2D eigenvalue weighted by atomic mass is 19.4. The summed E-state index contributed by atoms with van der Waals surface area (Å²) < 4.78 is 43.9. The molecule has 5 nitrogen and oxygen atoms in total. The van der Waals surface area contributed by atoms with Gasteiger partial charge in [-0.05, 0) is 60.4 Å². The summed E-state index contributed by atoms with van der Waals surface area (Å²) in [7, 11) is 0. The summed E-state index contributed by atoms with van der Waals surface area (Å²) in [6.07, 6.45) is 1.21. The van der Waals surface area contributed by atoms with E-state index in [9.17, 15) is 13.2 Å². The Balaban J connectivity index is 1.27. The van der Waals surface area contributed by atoms with Gasteiger partial charge < -0.3 is 14.2 Å². The van der Waals surface area contributed by atoms with Crippen molar-refractivity contribution in [3.63, 3.8) is 0 Å². The molecular weight excluding hydrogens is 513 g/mol. The highest BCUT2D eigenvalue weighted by Crippen LogP contribution is 2.40. The summed E-state index contributed by atoms with van der Waals surface area (Å²) in [5, 5.41) is 0. The maximum absolute atomic E-state index is 12.6. The van der Waals surface area contributed by atoms with Crippen molar-refractivity contribution in [1.82, 2.24) is 14.5 Å². The summed E-state index contributed by atoms with van der Waals surface area (Å²) in [6, 6.07) is 30.9. The molecule has 0 radical (unpaired) electrons. The van der Waals surface area contributed by atoms with Crippen LogP contribution < -0.4 is 9.64 Å². The van der Waals surface area contributed by atoms with Crippen LogP contribution in [0.4, 0.5) is 19.0 Å². The second kappa shape index (κ2) is 10.9. The van der Waals surface area contributed by atoms with Crippen LogP contribution in [-0.4, -0.2) is 20.9 Å². The first kappa shape index (κ1) is 25.7. The lowest BCUT2D eigenvalue weighted by molar-refractivity contribution is -0.274. The van der Waals surface area contributed by atoms with Crippen molar-refractivity contribution in [3.8, 4) is 28.4 Å². The van der Waals surface area contributed by atoms with Gasteiger partial charge in [0.2, 0.25) is 0 Å². The third-order valence-electron chi connectivity index (χ3n) is 6.82. The highest BCUT2D eigenvalue weighted by Gasteiger charge is 2.31. The summed E-state index contributed by atoms with van der Waals surface area (Å²) in [5.74, 6) is 1.32. The Hall–Kier alpha value is -4.59. The van der Waals surface area contributed by atoms with Gasteiger partial charge in [0.1, 0.15) is 17.4 Å². The van der Waals surface area contributed by atoms with Gasteiger partial charge in [0, 0.05) is 42.7 Å². The number of ether oxygens (including phenoxy) is 1. The second-order valence-electron chi connectivity index (χ2n) is 9.89. The lowest BCUT2D eigenvalue weighted by Gasteiger charge is -2.24. The normalized spacial score (nSPS) is 13.3. The predicted molar refractivity (Wildman–Crippen MR) is 149 cm³/mol. The number of anilines is 1. The molecule has 2 aromatic heterocycles. The van der Waals surface area contributed by atoms with Crippen LogP contribution in [0.2, 0.25) is 0 Å². The van der Waals surface area contributed by atoms with Gasteiger partial charge in [0.15, 0.2) is 0 Å². The van der Waals surface area contributed by atoms with E-state index >= 15 is 0 Å². The minimum atomic E-state index is -4.72. The molecule has 0 unspecified atom stereocenters. The minimum Gasteiger partial charge on any atom is -0.406 e. The number of nitrogens with zero attached hydrogens (tertiary/aromatic N) is 4. The average molecular weight is 541 g/mol. The van der Waals surface area contributed by atoms with Gasteiger partial charge in [-0.2, -0.15) is 0 Å². The van der Waals surface area contributed by atoms with E-state index in [4.69, 9.17) is 9.97 Å². The molecule has 1 saturated carbocycles. The van der Waals surface area contributed by atoms with Crippen LogP contribution >= 0.6 is 0 Å². The van der Waals surface area contributed by atoms with E-state index in [1.165, 1.54) is 23.3 Å². The molecule has 5 aromatic rings. The molecule has 0 aliphatic heterocycles. The second-order valence-corrected chi connectivity index (χ2v) is 9.89. The van der Waals surface area contributed by atoms with Gasteiger partial charge >= 0.3 is 6.36 Å². The van der Waals surface area contributed by atoms with Crippen LogP contribution in [0.1, 0.15) is 30.0 Å². The number of rotatable bonds is 9. The zero-order chi connectivity index (χ0) is 27.5. The van der Waals surface area contributed by atoms with Gasteiger partial charge in [-0.25, -0.2) is 9.97 Å². The summed E-state index contributed by atoms with van der Waals surface area (Å²) >= 11 is 0. The molecule has 40 heavy (non-hydrogen) atoms. The first-order chi connectivity index (χ1) is 19.4. The van der Waals surface area contributed by atoms with Gasteiger partial charge in [0.25, 0.3) is 0 Å². The number of halogens is 3. The molecule has 1 aliphatic carbocycles. The molecule has 1 aliphatic rings. The number of aromatic nitrogens is 3. The van der Waals surface area contributed by atoms with Gasteiger partial charge in [0.05, 0.1) is 5.69 Å². The van der Waals surface area contributed by atoms with Crippen LogP contribution in [0.3, 0.4) is 0 Å². The minimum absolute atomic E-state index is 0.253. The number of hydrogen-bond acceptors (Lipinski definition) is 4. The Morgan fingerprint density at radius 3 is 1.90 bits per heavy atom. The Bertz CT molecular complexity index is 1510. The third kappa shape index (κ3) is 6.17. The fourth-order valence-corrected chi connectivity index (χ4v) is 4.73. The molecule has 1 fully saturated rings. The van der Waals surface area contributed by atoms with Crippen molar-refractivity contribution in [2.24, 2.45) is 0 Å². The Labute approximate surface area is 230 Å². The fraction of sp³-hybridized carbons (Fsp3) is 0.188. The maximum atomic E-state index is 12.6. The predicted octanol–water partition coefficient (Wildman–Crippen LogP) is 8.05. The van der Waals surface area contributed by atoms with Crippen LogP contribution in [-0.2, 0) is 13.1 Å². The van der Waals surface area contributed by atoms with Crippen molar-refractivity contribution in [2.45, 2.75) is 38.3 Å². The number of alkyl halides is 3. The Kier molecular flexibility index (Phi) is 6.99. The SMILES string of the molecule is FC(F)(F)Oc1ccc(-c2nc(-c3ccc(N(Cc4ccccc4)Cc4ccccc4)nc3)cn2C2CC2)cc1. The van der Waals surface area contributed by atoms with Crippen molar-refractivity contribution < 1.29 is 17.9 Å². The van der Waals surface area contributed by atoms with E-state index in [2.05, 4.69) is 38.5 Å². The highest BCUT2D eigenvalue weighted by molar-refractivity contribution is 5.66.